The van der Waals surface area contributed by atoms with E-state index < -0.39 is 0 Å². The summed E-state index contributed by atoms with van der Waals surface area (Å²) in [6, 6.07) is 15.9. The van der Waals surface area contributed by atoms with E-state index in [1.165, 1.54) is 0 Å². The first-order valence-electron chi connectivity index (χ1n) is 10.8. The largest absolute Gasteiger partial charge is 0.497 e. The van der Waals surface area contributed by atoms with Gasteiger partial charge in [0, 0.05) is 34.1 Å². The second-order valence-electron chi connectivity index (χ2n) is 7.92. The van der Waals surface area contributed by atoms with E-state index in [9.17, 15) is 0 Å². The summed E-state index contributed by atoms with van der Waals surface area (Å²) in [5, 5.41) is 13.7. The molecule has 0 amide bonds. The van der Waals surface area contributed by atoms with Crippen LogP contribution in [0, 0.1) is 0 Å². The summed E-state index contributed by atoms with van der Waals surface area (Å²) in [7, 11) is 3.29. The zero-order valence-electron chi connectivity index (χ0n) is 18.5. The molecule has 0 bridgehead atoms. The molecule has 1 aliphatic heterocycles. The highest BCUT2D eigenvalue weighted by atomic mass is 35.5. The molecule has 0 saturated carbocycles. The van der Waals surface area contributed by atoms with Gasteiger partial charge in [0.1, 0.15) is 17.2 Å². The van der Waals surface area contributed by atoms with E-state index in [1.807, 2.05) is 36.4 Å². The van der Waals surface area contributed by atoms with Crippen LogP contribution in [-0.4, -0.2) is 31.0 Å². The predicted molar refractivity (Wildman–Crippen MR) is 131 cm³/mol. The monoisotopic (exact) mass is 461 g/mol. The molecule has 33 heavy (non-hydrogen) atoms. The fourth-order valence-electron chi connectivity index (χ4n) is 4.21. The summed E-state index contributed by atoms with van der Waals surface area (Å²) in [5.41, 5.74) is 5.85. The van der Waals surface area contributed by atoms with Gasteiger partial charge in [-0.2, -0.15) is 10.2 Å². The van der Waals surface area contributed by atoms with E-state index in [4.69, 9.17) is 25.8 Å². The SMILES string of the molecule is COc1ccc(CNc2cnnc3cc(-c4cc(Cl)cc5c4OCCC5)ccc23)c(OC)c1. The first-order valence-corrected chi connectivity index (χ1v) is 11.2. The zero-order valence-corrected chi connectivity index (χ0v) is 19.3. The molecule has 0 fully saturated rings. The normalized spacial score (nSPS) is 12.7. The molecule has 0 spiro atoms. The smallest absolute Gasteiger partial charge is 0.130 e. The van der Waals surface area contributed by atoms with Gasteiger partial charge in [-0.15, -0.1) is 0 Å². The van der Waals surface area contributed by atoms with Crippen LogP contribution in [0.1, 0.15) is 17.5 Å². The molecule has 5 rings (SSSR count). The first kappa shape index (κ1) is 21.3. The molecular weight excluding hydrogens is 438 g/mol. The Morgan fingerprint density at radius 2 is 1.97 bits per heavy atom. The van der Waals surface area contributed by atoms with Crippen LogP contribution in [0.4, 0.5) is 5.69 Å². The lowest BCUT2D eigenvalue weighted by atomic mass is 9.96. The molecule has 1 N–H and O–H groups in total. The lowest BCUT2D eigenvalue weighted by Gasteiger charge is -2.21. The number of rotatable bonds is 6. The van der Waals surface area contributed by atoms with Crippen molar-refractivity contribution in [3.63, 3.8) is 0 Å². The molecule has 0 atom stereocenters. The number of nitrogens with zero attached hydrogens (tertiary/aromatic N) is 2. The Hall–Kier alpha value is -3.51. The topological polar surface area (TPSA) is 65.5 Å². The zero-order chi connectivity index (χ0) is 22.8. The van der Waals surface area contributed by atoms with Gasteiger partial charge in [-0.25, -0.2) is 0 Å². The average Bonchev–Trinajstić information content (AvgIpc) is 2.86. The molecule has 1 aliphatic rings. The van der Waals surface area contributed by atoms with Crippen LogP contribution in [0.2, 0.25) is 5.02 Å². The Morgan fingerprint density at radius 1 is 1.06 bits per heavy atom. The molecule has 7 heteroatoms. The van der Waals surface area contributed by atoms with E-state index in [0.29, 0.717) is 11.6 Å². The number of fused-ring (bicyclic) bond motifs is 2. The Labute approximate surface area is 197 Å². The van der Waals surface area contributed by atoms with E-state index in [2.05, 4.69) is 27.6 Å². The van der Waals surface area contributed by atoms with Crippen molar-refractivity contribution in [1.29, 1.82) is 0 Å². The summed E-state index contributed by atoms with van der Waals surface area (Å²) in [5.74, 6) is 2.44. The number of halogens is 1. The van der Waals surface area contributed by atoms with E-state index in [1.54, 1.807) is 20.4 Å². The molecule has 0 aliphatic carbocycles. The highest BCUT2D eigenvalue weighted by molar-refractivity contribution is 6.31. The second kappa shape index (κ2) is 9.16. The standard InChI is InChI=1S/C26H24ClN3O3/c1-31-20-7-5-18(25(13-20)32-2)14-28-24-15-29-30-23-11-16(6-8-21(23)24)22-12-19(27)10-17-4-3-9-33-26(17)22/h5-8,10-13,15H,3-4,9,14H2,1-2H3,(H,28,30). The number of benzene rings is 3. The highest BCUT2D eigenvalue weighted by Crippen LogP contribution is 2.40. The molecule has 0 unspecified atom stereocenters. The van der Waals surface area contributed by atoms with Crippen LogP contribution in [0.15, 0.2) is 54.7 Å². The number of anilines is 1. The summed E-state index contributed by atoms with van der Waals surface area (Å²) in [6.45, 7) is 1.29. The third-order valence-electron chi connectivity index (χ3n) is 5.88. The predicted octanol–water partition coefficient (Wildman–Crippen LogP) is 5.90. The minimum Gasteiger partial charge on any atom is -0.497 e. The van der Waals surface area contributed by atoms with Crippen LogP contribution in [0.25, 0.3) is 22.0 Å². The van der Waals surface area contributed by atoms with Crippen molar-refractivity contribution >= 4 is 28.2 Å². The Kier molecular flexibility index (Phi) is 5.92. The van der Waals surface area contributed by atoms with Crippen LogP contribution < -0.4 is 19.5 Å². The first-order chi connectivity index (χ1) is 16.2. The molecule has 4 aromatic rings. The fraction of sp³-hybridized carbons (Fsp3) is 0.231. The van der Waals surface area contributed by atoms with Crippen molar-refractivity contribution in [1.82, 2.24) is 10.2 Å². The van der Waals surface area contributed by atoms with Gasteiger partial charge in [-0.05, 0) is 60.4 Å². The highest BCUT2D eigenvalue weighted by Gasteiger charge is 2.18. The van der Waals surface area contributed by atoms with Crippen LogP contribution in [0.5, 0.6) is 17.2 Å². The Balaban J connectivity index is 1.46. The van der Waals surface area contributed by atoms with Crippen molar-refractivity contribution in [2.75, 3.05) is 26.1 Å². The van der Waals surface area contributed by atoms with Gasteiger partial charge in [-0.3, -0.25) is 0 Å². The van der Waals surface area contributed by atoms with Crippen molar-refractivity contribution in [2.24, 2.45) is 0 Å². The molecule has 1 aromatic heterocycles. The fourth-order valence-corrected chi connectivity index (χ4v) is 4.46. The van der Waals surface area contributed by atoms with Gasteiger partial charge in [0.15, 0.2) is 0 Å². The minimum atomic E-state index is 0.575. The molecule has 3 aromatic carbocycles. The molecule has 168 valence electrons. The van der Waals surface area contributed by atoms with Crippen LogP contribution in [-0.2, 0) is 13.0 Å². The van der Waals surface area contributed by atoms with Crippen LogP contribution in [0.3, 0.4) is 0 Å². The number of ether oxygens (including phenoxy) is 3. The van der Waals surface area contributed by atoms with Crippen molar-refractivity contribution < 1.29 is 14.2 Å². The van der Waals surface area contributed by atoms with E-state index in [-0.39, 0.29) is 0 Å². The average molecular weight is 462 g/mol. The number of aryl methyl sites for hydroxylation is 1. The minimum absolute atomic E-state index is 0.575. The van der Waals surface area contributed by atoms with Gasteiger partial charge in [0.2, 0.25) is 0 Å². The summed E-state index contributed by atoms with van der Waals surface area (Å²) in [4.78, 5) is 0. The lowest BCUT2D eigenvalue weighted by Crippen LogP contribution is -2.09. The van der Waals surface area contributed by atoms with Gasteiger partial charge >= 0.3 is 0 Å². The van der Waals surface area contributed by atoms with Gasteiger partial charge in [0.05, 0.1) is 38.2 Å². The lowest BCUT2D eigenvalue weighted by molar-refractivity contribution is 0.289. The van der Waals surface area contributed by atoms with Crippen molar-refractivity contribution in [3.05, 3.63) is 70.9 Å². The number of hydrogen-bond acceptors (Lipinski definition) is 6. The van der Waals surface area contributed by atoms with E-state index in [0.717, 1.165) is 75.5 Å². The molecule has 0 saturated heterocycles. The molecule has 6 nitrogen and oxygen atoms in total. The van der Waals surface area contributed by atoms with Gasteiger partial charge in [0.25, 0.3) is 0 Å². The maximum absolute atomic E-state index is 6.41. The number of nitrogens with one attached hydrogen (secondary N) is 1. The molecular formula is C26H24ClN3O3. The van der Waals surface area contributed by atoms with Gasteiger partial charge < -0.3 is 19.5 Å². The summed E-state index contributed by atoms with van der Waals surface area (Å²) >= 11 is 6.41. The molecule has 2 heterocycles. The third kappa shape index (κ3) is 4.26. The maximum Gasteiger partial charge on any atom is 0.130 e. The van der Waals surface area contributed by atoms with Crippen LogP contribution >= 0.6 is 11.6 Å². The maximum atomic E-state index is 6.41. The second-order valence-corrected chi connectivity index (χ2v) is 8.35. The summed E-state index contributed by atoms with van der Waals surface area (Å²) in [6.07, 6.45) is 3.71. The van der Waals surface area contributed by atoms with E-state index >= 15 is 0 Å². The number of aromatic nitrogens is 2. The van der Waals surface area contributed by atoms with Crippen molar-refractivity contribution in [2.45, 2.75) is 19.4 Å². The quantitative estimate of drug-likeness (QED) is 0.385. The Bertz CT molecular complexity index is 1330. The van der Waals surface area contributed by atoms with Gasteiger partial charge in [-0.1, -0.05) is 17.7 Å². The third-order valence-corrected chi connectivity index (χ3v) is 6.10. The summed E-state index contributed by atoms with van der Waals surface area (Å²) < 4.78 is 16.8. The number of methoxy groups -OCH3 is 2. The number of hydrogen-bond donors (Lipinski definition) is 1. The van der Waals surface area contributed by atoms with Crippen molar-refractivity contribution in [3.8, 4) is 28.4 Å². The molecule has 0 radical (unpaired) electrons. The Morgan fingerprint density at radius 3 is 2.82 bits per heavy atom.